The van der Waals surface area contributed by atoms with Gasteiger partial charge >= 0.3 is 5.97 Å². The van der Waals surface area contributed by atoms with Crippen LogP contribution in [-0.2, 0) is 14.3 Å². The van der Waals surface area contributed by atoms with Crippen LogP contribution in [0.1, 0.15) is 26.7 Å². The van der Waals surface area contributed by atoms with E-state index >= 15 is 0 Å². The second-order valence-corrected chi connectivity index (χ2v) is 5.12. The van der Waals surface area contributed by atoms with Crippen LogP contribution in [0, 0.1) is 5.92 Å². The first-order chi connectivity index (χ1) is 9.70. The lowest BCUT2D eigenvalue weighted by molar-refractivity contribution is -0.149. The van der Waals surface area contributed by atoms with Crippen molar-refractivity contribution in [1.82, 2.24) is 0 Å². The maximum atomic E-state index is 11.5. The fourth-order valence-corrected chi connectivity index (χ4v) is 2.13. The Morgan fingerprint density at radius 3 is 2.80 bits per heavy atom. The molecule has 0 aliphatic heterocycles. The average Bonchev–Trinajstić information content (AvgIpc) is 2.50. The standard InChI is InChI=1S/C17H22O3/c1-3-13(2)17(18)20-11-10-19-16-9-8-14-6-4-5-7-15(14)12-16/h4-8,12-13,16H,3,9-11H2,1-2H3. The van der Waals surface area contributed by atoms with E-state index in [1.54, 1.807) is 0 Å². The molecule has 0 amide bonds. The fraction of sp³-hybridized carbons (Fsp3) is 0.471. The van der Waals surface area contributed by atoms with E-state index < -0.39 is 0 Å². The largest absolute Gasteiger partial charge is 0.463 e. The van der Waals surface area contributed by atoms with E-state index in [-0.39, 0.29) is 18.0 Å². The SMILES string of the molecule is CCC(C)C(=O)OCCOC1C=c2ccccc2=CC1. The van der Waals surface area contributed by atoms with Gasteiger partial charge < -0.3 is 9.47 Å². The van der Waals surface area contributed by atoms with Gasteiger partial charge in [-0.2, -0.15) is 0 Å². The zero-order valence-corrected chi connectivity index (χ0v) is 12.2. The molecule has 0 saturated heterocycles. The lowest BCUT2D eigenvalue weighted by atomic mass is 10.1. The van der Waals surface area contributed by atoms with Crippen molar-refractivity contribution < 1.29 is 14.3 Å². The molecule has 20 heavy (non-hydrogen) atoms. The highest BCUT2D eigenvalue weighted by molar-refractivity contribution is 5.71. The van der Waals surface area contributed by atoms with Gasteiger partial charge in [0.2, 0.25) is 0 Å². The van der Waals surface area contributed by atoms with Crippen LogP contribution in [0.4, 0.5) is 0 Å². The van der Waals surface area contributed by atoms with Gasteiger partial charge in [0.05, 0.1) is 18.6 Å². The Kier molecular flexibility index (Phi) is 5.36. The molecule has 0 fully saturated rings. The van der Waals surface area contributed by atoms with Gasteiger partial charge in [0.1, 0.15) is 6.61 Å². The molecule has 1 aliphatic carbocycles. The number of esters is 1. The minimum Gasteiger partial charge on any atom is -0.463 e. The molecular formula is C17H22O3. The highest BCUT2D eigenvalue weighted by Gasteiger charge is 2.12. The van der Waals surface area contributed by atoms with E-state index in [9.17, 15) is 4.79 Å². The zero-order chi connectivity index (χ0) is 14.4. The molecular weight excluding hydrogens is 252 g/mol. The van der Waals surface area contributed by atoms with Crippen LogP contribution in [0.25, 0.3) is 12.2 Å². The Bertz CT molecular complexity index is 562. The van der Waals surface area contributed by atoms with Gasteiger partial charge in [-0.25, -0.2) is 0 Å². The van der Waals surface area contributed by atoms with Crippen LogP contribution in [0.2, 0.25) is 0 Å². The topological polar surface area (TPSA) is 35.5 Å². The zero-order valence-electron chi connectivity index (χ0n) is 12.2. The molecule has 108 valence electrons. The maximum Gasteiger partial charge on any atom is 0.308 e. The first kappa shape index (κ1) is 14.8. The average molecular weight is 274 g/mol. The Labute approximate surface area is 119 Å². The molecule has 0 radical (unpaired) electrons. The molecule has 0 spiro atoms. The molecule has 0 heterocycles. The predicted molar refractivity (Wildman–Crippen MR) is 79.4 cm³/mol. The first-order valence-electron chi connectivity index (χ1n) is 7.26. The third-order valence-electron chi connectivity index (χ3n) is 3.61. The normalized spacial score (nSPS) is 18.4. The number of ether oxygens (including phenoxy) is 2. The number of carbonyl (C=O) groups excluding carboxylic acids is 1. The number of rotatable bonds is 6. The minimum absolute atomic E-state index is 0.0311. The number of hydrogen-bond donors (Lipinski definition) is 0. The third kappa shape index (κ3) is 3.94. The third-order valence-corrected chi connectivity index (χ3v) is 3.61. The van der Waals surface area contributed by atoms with Crippen molar-refractivity contribution in [3.63, 3.8) is 0 Å². The van der Waals surface area contributed by atoms with E-state index in [4.69, 9.17) is 9.47 Å². The Hall–Kier alpha value is -1.61. The summed E-state index contributed by atoms with van der Waals surface area (Å²) in [4.78, 5) is 11.5. The van der Waals surface area contributed by atoms with Crippen LogP contribution >= 0.6 is 0 Å². The Morgan fingerprint density at radius 1 is 1.30 bits per heavy atom. The maximum absolute atomic E-state index is 11.5. The summed E-state index contributed by atoms with van der Waals surface area (Å²) >= 11 is 0. The molecule has 0 bridgehead atoms. The number of hydrogen-bond acceptors (Lipinski definition) is 3. The van der Waals surface area contributed by atoms with E-state index in [0.29, 0.717) is 13.2 Å². The molecule has 3 nitrogen and oxygen atoms in total. The van der Waals surface area contributed by atoms with Crippen LogP contribution in [0.3, 0.4) is 0 Å². The molecule has 1 aromatic carbocycles. The molecule has 0 aromatic heterocycles. The van der Waals surface area contributed by atoms with Crippen LogP contribution in [-0.4, -0.2) is 25.3 Å². The number of carbonyl (C=O) groups is 1. The molecule has 2 rings (SSSR count). The summed E-state index contributed by atoms with van der Waals surface area (Å²) in [6.45, 7) is 4.63. The number of fused-ring (bicyclic) bond motifs is 1. The van der Waals surface area contributed by atoms with Crippen molar-refractivity contribution in [2.75, 3.05) is 13.2 Å². The molecule has 0 saturated carbocycles. The highest BCUT2D eigenvalue weighted by Crippen LogP contribution is 2.05. The van der Waals surface area contributed by atoms with Crippen molar-refractivity contribution in [1.29, 1.82) is 0 Å². The highest BCUT2D eigenvalue weighted by atomic mass is 16.6. The van der Waals surface area contributed by atoms with E-state index in [1.165, 1.54) is 10.4 Å². The first-order valence-corrected chi connectivity index (χ1v) is 7.26. The van der Waals surface area contributed by atoms with E-state index in [0.717, 1.165) is 12.8 Å². The summed E-state index contributed by atoms with van der Waals surface area (Å²) in [7, 11) is 0. The lowest BCUT2D eigenvalue weighted by Crippen LogP contribution is -2.31. The quantitative estimate of drug-likeness (QED) is 0.584. The second kappa shape index (κ2) is 7.25. The molecule has 2 atom stereocenters. The minimum atomic E-state index is -0.138. The summed E-state index contributed by atoms with van der Waals surface area (Å²) in [5, 5.41) is 2.47. The Morgan fingerprint density at radius 2 is 2.05 bits per heavy atom. The van der Waals surface area contributed by atoms with Gasteiger partial charge in [0, 0.05) is 0 Å². The predicted octanol–water partition coefficient (Wildman–Crippen LogP) is 1.63. The number of benzene rings is 1. The van der Waals surface area contributed by atoms with Crippen molar-refractivity contribution in [2.24, 2.45) is 5.92 Å². The monoisotopic (exact) mass is 274 g/mol. The second-order valence-electron chi connectivity index (χ2n) is 5.12. The summed E-state index contributed by atoms with van der Waals surface area (Å²) in [5.41, 5.74) is 0. The summed E-state index contributed by atoms with van der Waals surface area (Å²) < 4.78 is 10.9. The van der Waals surface area contributed by atoms with Crippen LogP contribution in [0.5, 0.6) is 0 Å². The van der Waals surface area contributed by atoms with Crippen LogP contribution < -0.4 is 10.4 Å². The van der Waals surface area contributed by atoms with E-state index in [2.05, 4.69) is 24.3 Å². The summed E-state index contributed by atoms with van der Waals surface area (Å²) in [6, 6.07) is 8.26. The van der Waals surface area contributed by atoms with Crippen LogP contribution in [0.15, 0.2) is 24.3 Å². The molecule has 3 heteroatoms. The fourth-order valence-electron chi connectivity index (χ4n) is 2.13. The summed E-state index contributed by atoms with van der Waals surface area (Å²) in [6.07, 6.45) is 6.07. The smallest absolute Gasteiger partial charge is 0.308 e. The molecule has 2 unspecified atom stereocenters. The lowest BCUT2D eigenvalue weighted by Gasteiger charge is -2.16. The molecule has 1 aromatic rings. The molecule has 0 N–H and O–H groups in total. The van der Waals surface area contributed by atoms with Gasteiger partial charge in [0.25, 0.3) is 0 Å². The van der Waals surface area contributed by atoms with Gasteiger partial charge in [-0.3, -0.25) is 4.79 Å². The van der Waals surface area contributed by atoms with Crippen molar-refractivity contribution in [2.45, 2.75) is 32.8 Å². The Balaban J connectivity index is 1.77. The van der Waals surface area contributed by atoms with E-state index in [1.807, 2.05) is 26.0 Å². The van der Waals surface area contributed by atoms with Gasteiger partial charge in [-0.15, -0.1) is 0 Å². The van der Waals surface area contributed by atoms with Crippen molar-refractivity contribution in [3.8, 4) is 0 Å². The van der Waals surface area contributed by atoms with Gasteiger partial charge in [-0.1, -0.05) is 44.2 Å². The molecule has 1 aliphatic rings. The summed E-state index contributed by atoms with van der Waals surface area (Å²) in [5.74, 6) is -0.169. The van der Waals surface area contributed by atoms with Crippen molar-refractivity contribution in [3.05, 3.63) is 34.7 Å². The van der Waals surface area contributed by atoms with Crippen molar-refractivity contribution >= 4 is 18.1 Å². The van der Waals surface area contributed by atoms with Gasteiger partial charge in [-0.05, 0) is 29.4 Å². The van der Waals surface area contributed by atoms with Gasteiger partial charge in [0.15, 0.2) is 0 Å².